The van der Waals surface area contributed by atoms with Crippen LogP contribution >= 0.6 is 0 Å². The first-order valence-electron chi connectivity index (χ1n) is 11.8. The van der Waals surface area contributed by atoms with E-state index in [9.17, 15) is 15.3 Å². The van der Waals surface area contributed by atoms with Crippen LogP contribution in [0.25, 0.3) is 0 Å². The molecule has 0 heterocycles. The Bertz CT molecular complexity index is 630. The van der Waals surface area contributed by atoms with Crippen molar-refractivity contribution >= 4 is 0 Å². The normalized spacial score (nSPS) is 38.8. The third-order valence-corrected chi connectivity index (χ3v) is 8.31. The maximum Gasteiger partial charge on any atom is 0.0809 e. The van der Waals surface area contributed by atoms with Crippen molar-refractivity contribution in [1.82, 2.24) is 0 Å². The molecule has 0 spiro atoms. The van der Waals surface area contributed by atoms with Gasteiger partial charge in [-0.3, -0.25) is 0 Å². The van der Waals surface area contributed by atoms with Gasteiger partial charge >= 0.3 is 0 Å². The van der Waals surface area contributed by atoms with Gasteiger partial charge in [-0.15, -0.1) is 0 Å². The van der Waals surface area contributed by atoms with E-state index in [1.54, 1.807) is 5.57 Å². The first kappa shape index (κ1) is 22.8. The van der Waals surface area contributed by atoms with Gasteiger partial charge < -0.3 is 15.3 Å². The number of hydrogen-bond donors (Lipinski definition) is 3. The molecule has 0 aromatic carbocycles. The Labute approximate surface area is 177 Å². The van der Waals surface area contributed by atoms with E-state index in [0.29, 0.717) is 29.7 Å². The Balaban J connectivity index is 1.68. The predicted octanol–water partition coefficient (Wildman–Crippen LogP) is 5.31. The van der Waals surface area contributed by atoms with Gasteiger partial charge in [0.15, 0.2) is 0 Å². The fraction of sp³-hybridized carbons (Fsp3) is 0.769. The van der Waals surface area contributed by atoms with Crippen LogP contribution < -0.4 is 0 Å². The van der Waals surface area contributed by atoms with Crippen molar-refractivity contribution < 1.29 is 15.3 Å². The molecule has 0 aromatic heterocycles. The predicted molar refractivity (Wildman–Crippen MR) is 119 cm³/mol. The van der Waals surface area contributed by atoms with Crippen LogP contribution in [0, 0.1) is 23.2 Å². The van der Waals surface area contributed by atoms with Gasteiger partial charge in [-0.1, -0.05) is 56.6 Å². The van der Waals surface area contributed by atoms with Crippen LogP contribution in [-0.4, -0.2) is 33.6 Å². The minimum atomic E-state index is -0.613. The maximum atomic E-state index is 10.1. The first-order valence-corrected chi connectivity index (χ1v) is 11.8. The standard InChI is InChI=1S/C26H42O3/c1-17(7-5-8-18(2)27)22-12-13-23-21(9-6-14-26(22,23)4)11-10-20-15-24(28)19(3)25(29)16-20/h10-11,17-18,22-25,27-29H,3,5-9,12-16H2,1-2,4H3/b21-11+/t17-,18?,22?,23+,24-,25-,26-/m1/s1. The van der Waals surface area contributed by atoms with Crippen LogP contribution in [0.15, 0.2) is 35.5 Å². The molecule has 3 nitrogen and oxygen atoms in total. The number of fused-ring (bicyclic) bond motifs is 1. The molecule has 3 fully saturated rings. The third kappa shape index (κ3) is 5.06. The Kier molecular flexibility index (Phi) is 7.46. The SMILES string of the molecule is C=C1[C@H](O)CC(=C/C=C2\CCC[C@]3(C)C([C@H](C)CCCC(C)O)CC[C@@H]23)C[C@H]1O. The zero-order valence-electron chi connectivity index (χ0n) is 18.7. The number of hydrogen-bond acceptors (Lipinski definition) is 3. The van der Waals surface area contributed by atoms with E-state index in [1.807, 2.05) is 6.92 Å². The van der Waals surface area contributed by atoms with Gasteiger partial charge in [-0.2, -0.15) is 0 Å². The summed E-state index contributed by atoms with van der Waals surface area (Å²) in [5.41, 5.74) is 3.67. The average molecular weight is 403 g/mol. The molecule has 2 unspecified atom stereocenters. The second-order valence-electron chi connectivity index (χ2n) is 10.4. The number of aliphatic hydroxyl groups is 3. The fourth-order valence-electron chi connectivity index (χ4n) is 6.58. The van der Waals surface area contributed by atoms with E-state index in [1.165, 1.54) is 38.5 Å². The topological polar surface area (TPSA) is 60.7 Å². The number of rotatable bonds is 6. The van der Waals surface area contributed by atoms with Gasteiger partial charge in [-0.25, -0.2) is 0 Å². The Hall–Kier alpha value is -0.900. The van der Waals surface area contributed by atoms with Gasteiger partial charge in [0.2, 0.25) is 0 Å². The highest BCUT2D eigenvalue weighted by atomic mass is 16.3. The van der Waals surface area contributed by atoms with Crippen molar-refractivity contribution in [3.63, 3.8) is 0 Å². The second kappa shape index (κ2) is 9.49. The summed E-state index contributed by atoms with van der Waals surface area (Å²) in [6.07, 6.45) is 14.0. The Morgan fingerprint density at radius 3 is 2.45 bits per heavy atom. The van der Waals surface area contributed by atoms with Gasteiger partial charge in [0.05, 0.1) is 18.3 Å². The van der Waals surface area contributed by atoms with Crippen LogP contribution in [0.1, 0.15) is 85.0 Å². The summed E-state index contributed by atoms with van der Waals surface area (Å²) >= 11 is 0. The molecule has 164 valence electrons. The molecule has 3 heteroatoms. The van der Waals surface area contributed by atoms with Gasteiger partial charge in [0.25, 0.3) is 0 Å². The lowest BCUT2D eigenvalue weighted by Gasteiger charge is -2.44. The summed E-state index contributed by atoms with van der Waals surface area (Å²) in [6.45, 7) is 10.7. The fourth-order valence-corrected chi connectivity index (χ4v) is 6.58. The zero-order chi connectivity index (χ0) is 21.2. The smallest absolute Gasteiger partial charge is 0.0809 e. The lowest BCUT2D eigenvalue weighted by molar-refractivity contribution is 0.0907. The number of aliphatic hydroxyl groups excluding tert-OH is 3. The average Bonchev–Trinajstić information content (AvgIpc) is 3.01. The van der Waals surface area contributed by atoms with E-state index >= 15 is 0 Å². The van der Waals surface area contributed by atoms with Crippen LogP contribution in [-0.2, 0) is 0 Å². The lowest BCUT2D eigenvalue weighted by atomic mass is 9.60. The van der Waals surface area contributed by atoms with Gasteiger partial charge in [0, 0.05) is 0 Å². The summed E-state index contributed by atoms with van der Waals surface area (Å²) in [7, 11) is 0. The summed E-state index contributed by atoms with van der Waals surface area (Å²) in [6, 6.07) is 0. The molecule has 29 heavy (non-hydrogen) atoms. The molecule has 3 aliphatic carbocycles. The van der Waals surface area contributed by atoms with E-state index in [4.69, 9.17) is 0 Å². The summed E-state index contributed by atoms with van der Waals surface area (Å²) in [5.74, 6) is 2.17. The molecular weight excluding hydrogens is 360 g/mol. The van der Waals surface area contributed by atoms with Crippen molar-refractivity contribution in [3.05, 3.63) is 35.5 Å². The molecule has 0 aromatic rings. The van der Waals surface area contributed by atoms with Crippen molar-refractivity contribution in [3.8, 4) is 0 Å². The van der Waals surface area contributed by atoms with E-state index in [2.05, 4.69) is 32.6 Å². The molecule has 7 atom stereocenters. The second-order valence-corrected chi connectivity index (χ2v) is 10.4. The van der Waals surface area contributed by atoms with Crippen molar-refractivity contribution in [2.45, 2.75) is 103 Å². The summed E-state index contributed by atoms with van der Waals surface area (Å²) in [4.78, 5) is 0. The molecular formula is C26H42O3. The maximum absolute atomic E-state index is 10.1. The largest absolute Gasteiger partial charge is 0.393 e. The molecule has 0 bridgehead atoms. The van der Waals surface area contributed by atoms with Crippen LogP contribution in [0.3, 0.4) is 0 Å². The van der Waals surface area contributed by atoms with Gasteiger partial charge in [-0.05, 0) is 87.0 Å². The quantitative estimate of drug-likeness (QED) is 0.527. The van der Waals surface area contributed by atoms with Crippen LogP contribution in [0.5, 0.6) is 0 Å². The molecule has 3 rings (SSSR count). The van der Waals surface area contributed by atoms with Crippen LogP contribution in [0.4, 0.5) is 0 Å². The molecule has 0 radical (unpaired) electrons. The van der Waals surface area contributed by atoms with Crippen LogP contribution in [0.2, 0.25) is 0 Å². The highest BCUT2D eigenvalue weighted by Crippen LogP contribution is 2.59. The summed E-state index contributed by atoms with van der Waals surface area (Å²) < 4.78 is 0. The minimum absolute atomic E-state index is 0.180. The minimum Gasteiger partial charge on any atom is -0.393 e. The lowest BCUT2D eigenvalue weighted by Crippen LogP contribution is -2.36. The van der Waals surface area contributed by atoms with Crippen molar-refractivity contribution in [2.24, 2.45) is 23.2 Å². The Morgan fingerprint density at radius 2 is 1.79 bits per heavy atom. The Morgan fingerprint density at radius 1 is 1.10 bits per heavy atom. The third-order valence-electron chi connectivity index (χ3n) is 8.31. The summed E-state index contributed by atoms with van der Waals surface area (Å²) in [5, 5.41) is 29.8. The molecule has 3 aliphatic rings. The van der Waals surface area contributed by atoms with Crippen molar-refractivity contribution in [1.29, 1.82) is 0 Å². The highest BCUT2D eigenvalue weighted by Gasteiger charge is 2.50. The van der Waals surface area contributed by atoms with E-state index in [-0.39, 0.29) is 6.10 Å². The molecule has 0 aliphatic heterocycles. The molecule has 3 N–H and O–H groups in total. The monoisotopic (exact) mass is 402 g/mol. The zero-order valence-corrected chi connectivity index (χ0v) is 18.7. The van der Waals surface area contributed by atoms with E-state index < -0.39 is 12.2 Å². The highest BCUT2D eigenvalue weighted by molar-refractivity contribution is 5.29. The first-order chi connectivity index (χ1) is 13.7. The van der Waals surface area contributed by atoms with Crippen molar-refractivity contribution in [2.75, 3.05) is 0 Å². The molecule has 0 amide bonds. The molecule has 0 saturated heterocycles. The van der Waals surface area contributed by atoms with Gasteiger partial charge in [0.1, 0.15) is 0 Å². The molecule has 3 saturated carbocycles. The number of allylic oxidation sites excluding steroid dienone is 3. The van der Waals surface area contributed by atoms with E-state index in [0.717, 1.165) is 30.3 Å².